The number of hydrogen-bond acceptors (Lipinski definition) is 2. The standard InChI is InChI=1S/C21H36N2Si/c1-24(2,23-14-12-22-13-15-23)21-19-11-7-6-10-18(19)16-20(21)17-8-4-3-5-9-17/h6-7,10-11,17-22H,3-5,8-9,12-16H2,1-2H3. The molecule has 0 bridgehead atoms. The van der Waals surface area contributed by atoms with E-state index in [0.29, 0.717) is 0 Å². The van der Waals surface area contributed by atoms with Gasteiger partial charge >= 0.3 is 0 Å². The summed E-state index contributed by atoms with van der Waals surface area (Å²) in [5.74, 6) is 3.68. The maximum absolute atomic E-state index is 3.56. The smallest absolute Gasteiger partial charge is 0.126 e. The lowest BCUT2D eigenvalue weighted by Gasteiger charge is -2.48. The molecule has 0 radical (unpaired) electrons. The predicted octanol–water partition coefficient (Wildman–Crippen LogP) is 4.43. The highest BCUT2D eigenvalue weighted by atomic mass is 28.3. The summed E-state index contributed by atoms with van der Waals surface area (Å²) in [6.45, 7) is 10.4. The van der Waals surface area contributed by atoms with Crippen LogP contribution in [0.3, 0.4) is 0 Å². The molecule has 0 aromatic carbocycles. The summed E-state index contributed by atoms with van der Waals surface area (Å²) in [6.07, 6.45) is 18.8. The topological polar surface area (TPSA) is 15.3 Å². The fraction of sp³-hybridized carbons (Fsp3) is 0.810. The molecule has 4 atom stereocenters. The first-order chi connectivity index (χ1) is 11.7. The van der Waals surface area contributed by atoms with E-state index < -0.39 is 8.24 Å². The normalized spacial score (nSPS) is 38.4. The van der Waals surface area contributed by atoms with Crippen LogP contribution in [0.25, 0.3) is 0 Å². The van der Waals surface area contributed by atoms with Crippen molar-refractivity contribution in [1.82, 2.24) is 9.88 Å². The summed E-state index contributed by atoms with van der Waals surface area (Å²) in [5.41, 5.74) is 0.963. The van der Waals surface area contributed by atoms with Gasteiger partial charge in [-0.15, -0.1) is 0 Å². The first-order valence-corrected chi connectivity index (χ1v) is 13.5. The molecule has 1 heterocycles. The third kappa shape index (κ3) is 3.08. The van der Waals surface area contributed by atoms with Crippen LogP contribution in [0.4, 0.5) is 0 Å². The molecule has 1 saturated heterocycles. The second kappa shape index (κ2) is 7.09. The van der Waals surface area contributed by atoms with Crippen molar-refractivity contribution in [3.8, 4) is 0 Å². The van der Waals surface area contributed by atoms with Crippen molar-refractivity contribution in [3.05, 3.63) is 24.3 Å². The van der Waals surface area contributed by atoms with Gasteiger partial charge in [0, 0.05) is 26.2 Å². The van der Waals surface area contributed by atoms with Gasteiger partial charge in [0.05, 0.1) is 0 Å². The summed E-state index contributed by atoms with van der Waals surface area (Å²) < 4.78 is 2.94. The molecule has 0 spiro atoms. The van der Waals surface area contributed by atoms with Crippen molar-refractivity contribution in [2.24, 2.45) is 23.7 Å². The molecule has 4 aliphatic rings. The molecule has 4 rings (SSSR count). The number of allylic oxidation sites excluding steroid dienone is 4. The SMILES string of the molecule is C[Si](C)(C1C2C=CC=CC2CC1C1CCCCC1)N1CCNCC1. The molecule has 0 aromatic heterocycles. The van der Waals surface area contributed by atoms with Crippen molar-refractivity contribution >= 4 is 8.24 Å². The van der Waals surface area contributed by atoms with Crippen LogP contribution < -0.4 is 5.32 Å². The van der Waals surface area contributed by atoms with Crippen LogP contribution in [0.5, 0.6) is 0 Å². The van der Waals surface area contributed by atoms with Crippen LogP contribution >= 0.6 is 0 Å². The molecule has 3 fully saturated rings. The van der Waals surface area contributed by atoms with Gasteiger partial charge in [-0.1, -0.05) is 69.5 Å². The maximum Gasteiger partial charge on any atom is 0.126 e. The lowest BCUT2D eigenvalue weighted by atomic mass is 9.78. The zero-order valence-corrected chi connectivity index (χ0v) is 16.7. The summed E-state index contributed by atoms with van der Waals surface area (Å²) in [4.78, 5) is 0. The van der Waals surface area contributed by atoms with Crippen LogP contribution in [0.15, 0.2) is 24.3 Å². The van der Waals surface area contributed by atoms with Crippen LogP contribution in [-0.2, 0) is 0 Å². The maximum atomic E-state index is 3.56. The van der Waals surface area contributed by atoms with Crippen LogP contribution in [0.1, 0.15) is 38.5 Å². The van der Waals surface area contributed by atoms with Gasteiger partial charge in [-0.2, -0.15) is 0 Å². The molecule has 3 aliphatic carbocycles. The van der Waals surface area contributed by atoms with Gasteiger partial charge in [-0.3, -0.25) is 0 Å². The lowest BCUT2D eigenvalue weighted by molar-refractivity contribution is 0.236. The van der Waals surface area contributed by atoms with Gasteiger partial charge in [-0.25, -0.2) is 0 Å². The summed E-state index contributed by atoms with van der Waals surface area (Å²) in [6, 6.07) is 0. The van der Waals surface area contributed by atoms with Crippen LogP contribution in [0.2, 0.25) is 18.6 Å². The predicted molar refractivity (Wildman–Crippen MR) is 106 cm³/mol. The van der Waals surface area contributed by atoms with Crippen molar-refractivity contribution < 1.29 is 0 Å². The van der Waals surface area contributed by atoms with Crippen molar-refractivity contribution in [2.75, 3.05) is 26.2 Å². The minimum absolute atomic E-state index is 0.832. The highest BCUT2D eigenvalue weighted by Crippen LogP contribution is 2.57. The third-order valence-corrected chi connectivity index (χ3v) is 12.2. The lowest BCUT2D eigenvalue weighted by Crippen LogP contribution is -2.60. The van der Waals surface area contributed by atoms with Gasteiger partial charge in [0.1, 0.15) is 8.24 Å². The molecule has 2 nitrogen and oxygen atoms in total. The molecule has 1 N–H and O–H groups in total. The Morgan fingerprint density at radius 1 is 0.958 bits per heavy atom. The number of fused-ring (bicyclic) bond motifs is 1. The first-order valence-electron chi connectivity index (χ1n) is 10.5. The largest absolute Gasteiger partial charge is 0.321 e. The zero-order valence-electron chi connectivity index (χ0n) is 15.7. The van der Waals surface area contributed by atoms with Crippen molar-refractivity contribution in [2.45, 2.75) is 57.2 Å². The van der Waals surface area contributed by atoms with Gasteiger partial charge in [0.2, 0.25) is 0 Å². The number of rotatable bonds is 3. The number of hydrogen-bond donors (Lipinski definition) is 1. The third-order valence-electron chi connectivity index (χ3n) is 7.72. The molecule has 134 valence electrons. The van der Waals surface area contributed by atoms with E-state index in [1.54, 1.807) is 0 Å². The summed E-state index contributed by atoms with van der Waals surface area (Å²) in [7, 11) is -1.42. The highest BCUT2D eigenvalue weighted by molar-refractivity contribution is 6.76. The summed E-state index contributed by atoms with van der Waals surface area (Å²) in [5, 5.41) is 3.56. The van der Waals surface area contributed by atoms with Gasteiger partial charge < -0.3 is 9.88 Å². The second-order valence-corrected chi connectivity index (χ2v) is 13.8. The van der Waals surface area contributed by atoms with E-state index in [1.807, 2.05) is 0 Å². The summed E-state index contributed by atoms with van der Waals surface area (Å²) >= 11 is 0. The van der Waals surface area contributed by atoms with E-state index in [-0.39, 0.29) is 0 Å². The Morgan fingerprint density at radius 3 is 2.42 bits per heavy atom. The molecule has 24 heavy (non-hydrogen) atoms. The Kier molecular flexibility index (Phi) is 5.04. The van der Waals surface area contributed by atoms with Gasteiger partial charge in [0.25, 0.3) is 0 Å². The number of nitrogens with zero attached hydrogens (tertiary/aromatic N) is 1. The Labute approximate surface area is 149 Å². The molecule has 0 aromatic rings. The van der Waals surface area contributed by atoms with Crippen LogP contribution in [0, 0.1) is 23.7 Å². The van der Waals surface area contributed by atoms with Gasteiger partial charge in [0.15, 0.2) is 0 Å². The molecule has 4 unspecified atom stereocenters. The fourth-order valence-corrected chi connectivity index (χ4v) is 11.1. The van der Waals surface area contributed by atoms with E-state index in [2.05, 4.69) is 47.3 Å². The molecule has 2 saturated carbocycles. The fourth-order valence-electron chi connectivity index (χ4n) is 6.53. The Balaban J connectivity index is 1.62. The number of nitrogens with one attached hydrogen (secondary N) is 1. The van der Waals surface area contributed by atoms with Crippen molar-refractivity contribution in [1.29, 1.82) is 0 Å². The molecular weight excluding hydrogens is 308 g/mol. The Hall–Kier alpha value is -0.383. The van der Waals surface area contributed by atoms with Crippen LogP contribution in [-0.4, -0.2) is 39.0 Å². The van der Waals surface area contributed by atoms with Gasteiger partial charge in [-0.05, 0) is 35.6 Å². The van der Waals surface area contributed by atoms with E-state index in [1.165, 1.54) is 64.7 Å². The molecule has 0 amide bonds. The van der Waals surface area contributed by atoms with E-state index in [9.17, 15) is 0 Å². The average molecular weight is 345 g/mol. The van der Waals surface area contributed by atoms with E-state index in [0.717, 1.165) is 29.2 Å². The highest BCUT2D eigenvalue weighted by Gasteiger charge is 2.53. The quantitative estimate of drug-likeness (QED) is 0.762. The van der Waals surface area contributed by atoms with E-state index >= 15 is 0 Å². The molecular formula is C21H36N2Si. The Bertz CT molecular complexity index is 486. The average Bonchev–Trinajstić information content (AvgIpc) is 3.03. The zero-order chi connectivity index (χ0) is 16.6. The second-order valence-electron chi connectivity index (χ2n) is 9.23. The molecule has 1 aliphatic heterocycles. The van der Waals surface area contributed by atoms with Crippen molar-refractivity contribution in [3.63, 3.8) is 0 Å². The minimum Gasteiger partial charge on any atom is -0.321 e. The Morgan fingerprint density at radius 2 is 1.67 bits per heavy atom. The van der Waals surface area contributed by atoms with E-state index in [4.69, 9.17) is 0 Å². The molecule has 3 heteroatoms. The number of piperazine rings is 1. The monoisotopic (exact) mass is 344 g/mol. The minimum atomic E-state index is -1.42. The first kappa shape index (κ1) is 17.1.